The Morgan fingerprint density at radius 1 is 1.13 bits per heavy atom. The Bertz CT molecular complexity index is 780. The van der Waals surface area contributed by atoms with Crippen LogP contribution < -0.4 is 5.32 Å². The summed E-state index contributed by atoms with van der Waals surface area (Å²) in [6, 6.07) is 10.1. The zero-order valence-electron chi connectivity index (χ0n) is 12.8. The molecule has 0 aliphatic carbocycles. The Morgan fingerprint density at radius 3 is 2.70 bits per heavy atom. The fourth-order valence-electron chi connectivity index (χ4n) is 2.19. The van der Waals surface area contributed by atoms with Gasteiger partial charge in [-0.2, -0.15) is 0 Å². The number of benzene rings is 1. The van der Waals surface area contributed by atoms with E-state index in [0.717, 1.165) is 33.4 Å². The van der Waals surface area contributed by atoms with Crippen molar-refractivity contribution in [3.8, 4) is 11.3 Å². The van der Waals surface area contributed by atoms with E-state index < -0.39 is 0 Å². The number of amides is 1. The van der Waals surface area contributed by atoms with E-state index in [1.807, 2.05) is 30.5 Å². The molecule has 1 N–H and O–H groups in total. The molecule has 1 aromatic carbocycles. The Morgan fingerprint density at radius 2 is 1.96 bits per heavy atom. The Labute approximate surface area is 143 Å². The largest absolute Gasteiger partial charge is 0.355 e. The van der Waals surface area contributed by atoms with E-state index >= 15 is 0 Å². The Hall–Kier alpha value is -2.05. The van der Waals surface area contributed by atoms with Gasteiger partial charge >= 0.3 is 0 Å². The minimum absolute atomic E-state index is 0.00939. The first-order valence-electron chi connectivity index (χ1n) is 7.38. The van der Waals surface area contributed by atoms with Crippen LogP contribution >= 0.6 is 22.7 Å². The number of thiazole rings is 2. The highest BCUT2D eigenvalue weighted by atomic mass is 32.1. The van der Waals surface area contributed by atoms with Crippen molar-refractivity contribution in [3.05, 3.63) is 56.8 Å². The Kier molecular flexibility index (Phi) is 5.15. The van der Waals surface area contributed by atoms with Gasteiger partial charge in [-0.3, -0.25) is 4.79 Å². The molecule has 0 atom stereocenters. The Balaban J connectivity index is 1.47. The highest BCUT2D eigenvalue weighted by molar-refractivity contribution is 7.10. The van der Waals surface area contributed by atoms with Gasteiger partial charge in [0.25, 0.3) is 0 Å². The SMILES string of the molecule is Cc1nc(CC(=O)NCCc2nc(-c3ccccc3)cs2)cs1. The smallest absolute Gasteiger partial charge is 0.226 e. The summed E-state index contributed by atoms with van der Waals surface area (Å²) in [4.78, 5) is 20.8. The average molecular weight is 343 g/mol. The second-order valence-electron chi connectivity index (χ2n) is 5.13. The fraction of sp³-hybridized carbons (Fsp3) is 0.235. The van der Waals surface area contributed by atoms with Crippen molar-refractivity contribution in [2.24, 2.45) is 0 Å². The van der Waals surface area contributed by atoms with E-state index in [0.29, 0.717) is 13.0 Å². The van der Waals surface area contributed by atoms with Gasteiger partial charge < -0.3 is 5.32 Å². The van der Waals surface area contributed by atoms with Crippen molar-refractivity contribution in [2.45, 2.75) is 19.8 Å². The predicted molar refractivity (Wildman–Crippen MR) is 94.8 cm³/mol. The highest BCUT2D eigenvalue weighted by Crippen LogP contribution is 2.21. The van der Waals surface area contributed by atoms with Crippen molar-refractivity contribution < 1.29 is 4.79 Å². The fourth-order valence-corrected chi connectivity index (χ4v) is 3.61. The van der Waals surface area contributed by atoms with Gasteiger partial charge in [0.05, 0.1) is 27.8 Å². The summed E-state index contributed by atoms with van der Waals surface area (Å²) in [5, 5.41) is 8.95. The summed E-state index contributed by atoms with van der Waals surface area (Å²) >= 11 is 3.20. The lowest BCUT2D eigenvalue weighted by atomic mass is 10.2. The number of carbonyl (C=O) groups is 1. The predicted octanol–water partition coefficient (Wildman–Crippen LogP) is 3.48. The number of hydrogen-bond acceptors (Lipinski definition) is 5. The van der Waals surface area contributed by atoms with Crippen LogP contribution in [0.15, 0.2) is 41.1 Å². The third-order valence-corrected chi connectivity index (χ3v) is 5.02. The van der Waals surface area contributed by atoms with E-state index in [1.54, 1.807) is 22.7 Å². The molecule has 0 aliphatic heterocycles. The van der Waals surface area contributed by atoms with Crippen LogP contribution in [-0.2, 0) is 17.6 Å². The number of hydrogen-bond donors (Lipinski definition) is 1. The molecule has 0 aliphatic rings. The monoisotopic (exact) mass is 343 g/mol. The second-order valence-corrected chi connectivity index (χ2v) is 7.13. The number of carbonyl (C=O) groups excluding carboxylic acids is 1. The maximum Gasteiger partial charge on any atom is 0.226 e. The third-order valence-electron chi connectivity index (χ3n) is 3.29. The summed E-state index contributed by atoms with van der Waals surface area (Å²) in [6.45, 7) is 2.54. The van der Waals surface area contributed by atoms with Crippen molar-refractivity contribution in [2.75, 3.05) is 6.54 Å². The van der Waals surface area contributed by atoms with E-state index in [4.69, 9.17) is 0 Å². The molecule has 3 aromatic rings. The van der Waals surface area contributed by atoms with Gasteiger partial charge in [-0.05, 0) is 6.92 Å². The molecule has 0 saturated carbocycles. The van der Waals surface area contributed by atoms with Gasteiger partial charge in [0, 0.05) is 29.3 Å². The molecule has 23 heavy (non-hydrogen) atoms. The van der Waals surface area contributed by atoms with Gasteiger partial charge in [-0.15, -0.1) is 22.7 Å². The molecule has 3 rings (SSSR count). The summed E-state index contributed by atoms with van der Waals surface area (Å²) in [7, 11) is 0. The van der Waals surface area contributed by atoms with Crippen LogP contribution in [0, 0.1) is 6.92 Å². The van der Waals surface area contributed by atoms with Crippen LogP contribution in [0.2, 0.25) is 0 Å². The quantitative estimate of drug-likeness (QED) is 0.745. The summed E-state index contributed by atoms with van der Waals surface area (Å²) in [6.07, 6.45) is 1.09. The van der Waals surface area contributed by atoms with E-state index in [-0.39, 0.29) is 5.91 Å². The minimum Gasteiger partial charge on any atom is -0.355 e. The molecule has 0 radical (unpaired) electrons. The van der Waals surface area contributed by atoms with Crippen LogP contribution in [0.25, 0.3) is 11.3 Å². The van der Waals surface area contributed by atoms with E-state index in [2.05, 4.69) is 32.8 Å². The molecule has 6 heteroatoms. The zero-order chi connectivity index (χ0) is 16.1. The first-order chi connectivity index (χ1) is 11.2. The van der Waals surface area contributed by atoms with Gasteiger partial charge in [0.1, 0.15) is 0 Å². The molecule has 0 fully saturated rings. The van der Waals surface area contributed by atoms with E-state index in [1.165, 1.54) is 0 Å². The number of aromatic nitrogens is 2. The van der Waals surface area contributed by atoms with Crippen molar-refractivity contribution >= 4 is 28.6 Å². The van der Waals surface area contributed by atoms with Gasteiger partial charge in [0.2, 0.25) is 5.91 Å². The highest BCUT2D eigenvalue weighted by Gasteiger charge is 2.07. The normalized spacial score (nSPS) is 10.7. The van der Waals surface area contributed by atoms with Crippen LogP contribution in [-0.4, -0.2) is 22.4 Å². The first kappa shape index (κ1) is 15.8. The molecule has 4 nitrogen and oxygen atoms in total. The number of nitrogens with one attached hydrogen (secondary N) is 1. The summed E-state index contributed by atoms with van der Waals surface area (Å²) in [5.74, 6) is 0.00939. The molecule has 0 saturated heterocycles. The summed E-state index contributed by atoms with van der Waals surface area (Å²) in [5.41, 5.74) is 2.96. The number of nitrogens with zero attached hydrogens (tertiary/aromatic N) is 2. The molecular formula is C17H17N3OS2. The van der Waals surface area contributed by atoms with Crippen LogP contribution in [0.1, 0.15) is 15.7 Å². The summed E-state index contributed by atoms with van der Waals surface area (Å²) < 4.78 is 0. The zero-order valence-corrected chi connectivity index (χ0v) is 14.4. The standard InChI is InChI=1S/C17H17N3OS2/c1-12-19-14(10-22-12)9-16(21)18-8-7-17-20-15(11-23-17)13-5-3-2-4-6-13/h2-6,10-11H,7-9H2,1H3,(H,18,21). The maximum absolute atomic E-state index is 11.9. The van der Waals surface area contributed by atoms with Crippen molar-refractivity contribution in [1.29, 1.82) is 0 Å². The molecule has 1 amide bonds. The minimum atomic E-state index is 0.00939. The lowest BCUT2D eigenvalue weighted by Crippen LogP contribution is -2.27. The lowest BCUT2D eigenvalue weighted by Gasteiger charge is -2.02. The lowest BCUT2D eigenvalue weighted by molar-refractivity contribution is -0.120. The molecule has 0 spiro atoms. The van der Waals surface area contributed by atoms with E-state index in [9.17, 15) is 4.79 Å². The van der Waals surface area contributed by atoms with Gasteiger partial charge in [-0.1, -0.05) is 30.3 Å². The topological polar surface area (TPSA) is 54.9 Å². The van der Waals surface area contributed by atoms with Gasteiger partial charge in [-0.25, -0.2) is 9.97 Å². The first-order valence-corrected chi connectivity index (χ1v) is 9.14. The molecule has 0 bridgehead atoms. The number of aryl methyl sites for hydroxylation is 1. The van der Waals surface area contributed by atoms with Gasteiger partial charge in [0.15, 0.2) is 0 Å². The number of rotatable bonds is 6. The van der Waals surface area contributed by atoms with Crippen LogP contribution in [0.3, 0.4) is 0 Å². The van der Waals surface area contributed by atoms with Crippen LogP contribution in [0.4, 0.5) is 0 Å². The van der Waals surface area contributed by atoms with Crippen molar-refractivity contribution in [3.63, 3.8) is 0 Å². The van der Waals surface area contributed by atoms with Crippen LogP contribution in [0.5, 0.6) is 0 Å². The second kappa shape index (κ2) is 7.48. The molecular weight excluding hydrogens is 326 g/mol. The maximum atomic E-state index is 11.9. The molecule has 2 aromatic heterocycles. The third kappa shape index (κ3) is 4.46. The molecule has 0 unspecified atom stereocenters. The van der Waals surface area contributed by atoms with Crippen molar-refractivity contribution in [1.82, 2.24) is 15.3 Å². The molecule has 118 valence electrons. The average Bonchev–Trinajstić information content (AvgIpc) is 3.17. The molecule has 2 heterocycles.